The van der Waals surface area contributed by atoms with E-state index in [4.69, 9.17) is 28.4 Å². The van der Waals surface area contributed by atoms with Crippen LogP contribution in [0.2, 0.25) is 0 Å². The van der Waals surface area contributed by atoms with Crippen molar-refractivity contribution < 1.29 is 89.4 Å². The SMILES string of the molecule is CCCCCCC/C=C\C/C=C\C/C=C\CCCCCCCCCCCCCCCCCCCCCCCCC(=O)NC(COC1OC(CO)C(OC2OC(CO)C(OC3OC(CO)C(O)C(O)C3O)C(O)C2O)C(O)C1O)C(O)/C=C/CC/C=C/CC/C=C/CCCCCCCCC. The molecule has 3 aliphatic heterocycles. The Morgan fingerprint density at radius 2 is 0.677 bits per heavy atom. The summed E-state index contributed by atoms with van der Waals surface area (Å²) in [7, 11) is 0. The number of hydrogen-bond donors (Lipinski definition) is 12. The lowest BCUT2D eigenvalue weighted by Gasteiger charge is -2.48. The van der Waals surface area contributed by atoms with Crippen molar-refractivity contribution in [2.24, 2.45) is 0 Å². The highest BCUT2D eigenvalue weighted by Gasteiger charge is 2.53. The van der Waals surface area contributed by atoms with Crippen LogP contribution in [0.5, 0.6) is 0 Å². The molecule has 0 aromatic carbocycles. The molecule has 3 fully saturated rings. The zero-order valence-corrected chi connectivity index (χ0v) is 61.5. The first-order valence-corrected chi connectivity index (χ1v) is 39.7. The van der Waals surface area contributed by atoms with E-state index in [1.807, 2.05) is 6.08 Å². The summed E-state index contributed by atoms with van der Waals surface area (Å²) in [6.45, 7) is 1.71. The normalized spacial score (nSPS) is 27.0. The van der Waals surface area contributed by atoms with Crippen LogP contribution in [0.3, 0.4) is 0 Å². The van der Waals surface area contributed by atoms with Crippen molar-refractivity contribution in [3.05, 3.63) is 72.9 Å². The van der Waals surface area contributed by atoms with E-state index in [9.17, 15) is 61.0 Å². The minimum atomic E-state index is -1.98. The molecule has 0 spiro atoms. The van der Waals surface area contributed by atoms with Crippen LogP contribution in [0.15, 0.2) is 72.9 Å². The molecule has 12 N–H and O–H groups in total. The zero-order valence-electron chi connectivity index (χ0n) is 61.5. The predicted octanol–water partition coefficient (Wildman–Crippen LogP) is 12.8. The number of nitrogens with one attached hydrogen (secondary N) is 1. The van der Waals surface area contributed by atoms with Gasteiger partial charge in [-0.25, -0.2) is 0 Å². The van der Waals surface area contributed by atoms with E-state index in [-0.39, 0.29) is 18.9 Å². The Hall–Kier alpha value is -2.77. The topological polar surface area (TPSA) is 307 Å². The van der Waals surface area contributed by atoms with Crippen LogP contribution in [0.25, 0.3) is 0 Å². The van der Waals surface area contributed by atoms with Crippen molar-refractivity contribution in [2.45, 2.75) is 401 Å². The van der Waals surface area contributed by atoms with Gasteiger partial charge in [0.15, 0.2) is 18.9 Å². The monoisotopic (exact) mass is 1410 g/mol. The summed E-state index contributed by atoms with van der Waals surface area (Å²) in [4.78, 5) is 13.4. The highest BCUT2D eigenvalue weighted by atomic mass is 16.8. The molecule has 99 heavy (non-hydrogen) atoms. The maximum atomic E-state index is 13.4. The molecule has 3 aliphatic rings. The zero-order chi connectivity index (χ0) is 71.8. The lowest BCUT2D eigenvalue weighted by molar-refractivity contribution is -0.379. The number of rotatable bonds is 62. The second kappa shape index (κ2) is 60.5. The van der Waals surface area contributed by atoms with Crippen molar-refractivity contribution >= 4 is 5.91 Å². The Morgan fingerprint density at radius 3 is 1.08 bits per heavy atom. The van der Waals surface area contributed by atoms with Gasteiger partial charge in [0.1, 0.15) is 73.2 Å². The number of allylic oxidation sites excluding steroid dienone is 11. The molecule has 0 bridgehead atoms. The molecular weight excluding hydrogens is 1260 g/mol. The summed E-state index contributed by atoms with van der Waals surface area (Å²) in [5, 5.41) is 121. The van der Waals surface area contributed by atoms with Gasteiger partial charge in [-0.1, -0.05) is 279 Å². The number of carbonyl (C=O) groups excluding carboxylic acids is 1. The molecule has 3 heterocycles. The van der Waals surface area contributed by atoms with Crippen LogP contribution in [0.4, 0.5) is 0 Å². The molecule has 3 rings (SSSR count). The molecular formula is C80H143NO18. The summed E-state index contributed by atoms with van der Waals surface area (Å²) in [6, 6.07) is -0.998. The summed E-state index contributed by atoms with van der Waals surface area (Å²) in [5.41, 5.74) is 0. The van der Waals surface area contributed by atoms with Gasteiger partial charge in [0.25, 0.3) is 0 Å². The highest BCUT2D eigenvalue weighted by Crippen LogP contribution is 2.33. The molecule has 17 atom stereocenters. The molecule has 17 unspecified atom stereocenters. The highest BCUT2D eigenvalue weighted by molar-refractivity contribution is 5.76. The predicted molar refractivity (Wildman–Crippen MR) is 392 cm³/mol. The van der Waals surface area contributed by atoms with Gasteiger partial charge < -0.3 is 89.9 Å². The average molecular weight is 1410 g/mol. The number of ether oxygens (including phenoxy) is 6. The summed E-state index contributed by atoms with van der Waals surface area (Å²) in [5.74, 6) is -0.287. The van der Waals surface area contributed by atoms with Crippen molar-refractivity contribution in [3.63, 3.8) is 0 Å². The lowest BCUT2D eigenvalue weighted by atomic mass is 9.96. The fourth-order valence-corrected chi connectivity index (χ4v) is 13.1. The quantitative estimate of drug-likeness (QED) is 0.0199. The van der Waals surface area contributed by atoms with Gasteiger partial charge in [0, 0.05) is 6.42 Å². The Bertz CT molecular complexity index is 2070. The van der Waals surface area contributed by atoms with Crippen molar-refractivity contribution in [2.75, 3.05) is 26.4 Å². The minimum Gasteiger partial charge on any atom is -0.394 e. The van der Waals surface area contributed by atoms with E-state index in [1.165, 1.54) is 205 Å². The van der Waals surface area contributed by atoms with E-state index >= 15 is 0 Å². The van der Waals surface area contributed by atoms with E-state index in [0.717, 1.165) is 57.8 Å². The fourth-order valence-electron chi connectivity index (χ4n) is 13.1. The molecule has 0 aliphatic carbocycles. The van der Waals surface area contributed by atoms with E-state index in [2.05, 4.69) is 79.9 Å². The summed E-state index contributed by atoms with van der Waals surface area (Å²) in [6.07, 6.45) is 51.9. The first kappa shape index (κ1) is 90.4. The number of carbonyl (C=O) groups is 1. The smallest absolute Gasteiger partial charge is 0.220 e. The maximum Gasteiger partial charge on any atom is 0.220 e. The first-order chi connectivity index (χ1) is 48.3. The third-order valence-electron chi connectivity index (χ3n) is 19.5. The van der Waals surface area contributed by atoms with Gasteiger partial charge in [-0.3, -0.25) is 4.79 Å². The van der Waals surface area contributed by atoms with Crippen LogP contribution in [-0.2, 0) is 33.2 Å². The van der Waals surface area contributed by atoms with Crippen LogP contribution >= 0.6 is 0 Å². The van der Waals surface area contributed by atoms with Gasteiger partial charge in [-0.15, -0.1) is 0 Å². The molecule has 0 saturated carbocycles. The molecule has 0 radical (unpaired) electrons. The summed E-state index contributed by atoms with van der Waals surface area (Å²) >= 11 is 0. The Labute approximate surface area is 598 Å². The van der Waals surface area contributed by atoms with E-state index in [1.54, 1.807) is 6.08 Å². The number of aliphatic hydroxyl groups is 11. The molecule has 3 saturated heterocycles. The third-order valence-corrected chi connectivity index (χ3v) is 19.5. The van der Waals surface area contributed by atoms with Gasteiger partial charge in [-0.2, -0.15) is 0 Å². The van der Waals surface area contributed by atoms with Gasteiger partial charge in [0.2, 0.25) is 5.91 Å². The number of hydrogen-bond acceptors (Lipinski definition) is 18. The minimum absolute atomic E-state index is 0.232. The van der Waals surface area contributed by atoms with Crippen molar-refractivity contribution in [3.8, 4) is 0 Å². The summed E-state index contributed by atoms with van der Waals surface area (Å²) < 4.78 is 34.4. The van der Waals surface area contributed by atoms with Crippen LogP contribution in [-0.4, -0.2) is 193 Å². The molecule has 19 heteroatoms. The lowest BCUT2D eigenvalue weighted by Crippen LogP contribution is -2.66. The van der Waals surface area contributed by atoms with Crippen molar-refractivity contribution in [1.29, 1.82) is 0 Å². The Kier molecular flexibility index (Phi) is 55.3. The van der Waals surface area contributed by atoms with Crippen molar-refractivity contribution in [1.82, 2.24) is 5.32 Å². The molecule has 0 aromatic heterocycles. The molecule has 0 aromatic rings. The van der Waals surface area contributed by atoms with Gasteiger partial charge in [-0.05, 0) is 83.5 Å². The largest absolute Gasteiger partial charge is 0.394 e. The Morgan fingerprint density at radius 1 is 0.364 bits per heavy atom. The molecule has 1 amide bonds. The first-order valence-electron chi connectivity index (χ1n) is 39.7. The van der Waals surface area contributed by atoms with E-state index in [0.29, 0.717) is 12.8 Å². The van der Waals surface area contributed by atoms with Gasteiger partial charge >= 0.3 is 0 Å². The fraction of sp³-hybridized carbons (Fsp3) is 0.838. The van der Waals surface area contributed by atoms with Gasteiger partial charge in [0.05, 0.1) is 38.6 Å². The van der Waals surface area contributed by atoms with Crippen LogP contribution in [0, 0.1) is 0 Å². The third kappa shape index (κ3) is 40.9. The second-order valence-corrected chi connectivity index (χ2v) is 28.2. The average Bonchev–Trinajstić information content (AvgIpc) is 0.786. The Balaban J connectivity index is 1.33. The molecule has 576 valence electrons. The van der Waals surface area contributed by atoms with E-state index < -0.39 is 124 Å². The standard InChI is InChI=1S/C80H143NO18/c1-3-5-7-9-11-13-15-17-19-21-22-23-24-25-26-27-28-29-30-31-32-33-34-35-36-37-38-39-40-42-44-46-48-50-52-54-56-58-68(86)81-63(64(85)57-55-53-51-49-47-45-43-41-20-18-16-14-12-10-8-6-4-2)62-94-78-74(92)71(89)76(66(60-83)96-78)99-80-75(93)72(90)77(67(61-84)97-80)98-79-73(91)70(88)69(87)65(59-82)95-79/h15,17,20-22,24-25,41,47,49,55,57,63-67,69-80,82-85,87-93H,3-14,16,18-19,23,26-40,42-46,48,50-54,56,58-62H2,1-2H3,(H,81,86)/b17-15-,22-21-,25-24-,41-20+,49-47+,57-55+. The maximum absolute atomic E-state index is 13.4. The molecule has 19 nitrogen and oxygen atoms in total. The van der Waals surface area contributed by atoms with Crippen LogP contribution in [0.1, 0.15) is 296 Å². The second-order valence-electron chi connectivity index (χ2n) is 28.2. The number of aliphatic hydroxyl groups excluding tert-OH is 11. The van der Waals surface area contributed by atoms with Crippen LogP contribution < -0.4 is 5.32 Å². The number of amides is 1. The number of unbranched alkanes of at least 4 members (excludes halogenated alkanes) is 36.